The van der Waals surface area contributed by atoms with Gasteiger partial charge in [0, 0.05) is 30.4 Å². The molecule has 0 aliphatic rings. The number of hydrogen-bond donors (Lipinski definition) is 0. The SMILES string of the molecule is c1cc(-c2ncc(-c3ccncn3)s2)ccn1. The zero-order chi connectivity index (χ0) is 11.5. The molecule has 0 saturated heterocycles. The standard InChI is InChI=1S/C12H8N4S/c1-4-13-5-2-9(1)12-15-7-11(17-12)10-3-6-14-8-16-10/h1-8H. The van der Waals surface area contributed by atoms with E-state index in [-0.39, 0.29) is 0 Å². The second-order valence-electron chi connectivity index (χ2n) is 3.36. The molecule has 3 heterocycles. The third kappa shape index (κ3) is 2.05. The average molecular weight is 240 g/mol. The number of nitrogens with zero attached hydrogens (tertiary/aromatic N) is 4. The fourth-order valence-corrected chi connectivity index (χ4v) is 2.36. The van der Waals surface area contributed by atoms with Gasteiger partial charge in [0.25, 0.3) is 0 Å². The van der Waals surface area contributed by atoms with Crippen LogP contribution in [0.4, 0.5) is 0 Å². The molecule has 0 unspecified atom stereocenters. The van der Waals surface area contributed by atoms with Gasteiger partial charge in [-0.1, -0.05) is 0 Å². The van der Waals surface area contributed by atoms with Crippen LogP contribution in [0, 0.1) is 0 Å². The number of hydrogen-bond acceptors (Lipinski definition) is 5. The molecule has 0 aromatic carbocycles. The Morgan fingerprint density at radius 2 is 1.71 bits per heavy atom. The molecule has 82 valence electrons. The Kier molecular flexibility index (Phi) is 2.59. The summed E-state index contributed by atoms with van der Waals surface area (Å²) >= 11 is 1.61. The number of pyridine rings is 1. The predicted octanol–water partition coefficient (Wildman–Crippen LogP) is 2.66. The molecular formula is C12H8N4S. The van der Waals surface area contributed by atoms with Gasteiger partial charge in [-0.05, 0) is 18.2 Å². The minimum absolute atomic E-state index is 0.901. The van der Waals surface area contributed by atoms with Gasteiger partial charge in [0.05, 0.1) is 10.6 Å². The predicted molar refractivity (Wildman–Crippen MR) is 66.4 cm³/mol. The maximum atomic E-state index is 4.39. The van der Waals surface area contributed by atoms with Crippen molar-refractivity contribution < 1.29 is 0 Å². The summed E-state index contributed by atoms with van der Waals surface area (Å²) in [5.41, 5.74) is 1.98. The van der Waals surface area contributed by atoms with Crippen LogP contribution in [0.3, 0.4) is 0 Å². The second kappa shape index (κ2) is 4.39. The molecule has 5 heteroatoms. The number of thiazole rings is 1. The highest BCUT2D eigenvalue weighted by molar-refractivity contribution is 7.18. The smallest absolute Gasteiger partial charge is 0.124 e. The first kappa shape index (κ1) is 10.0. The van der Waals surface area contributed by atoms with Crippen molar-refractivity contribution in [2.75, 3.05) is 0 Å². The van der Waals surface area contributed by atoms with Gasteiger partial charge in [-0.2, -0.15) is 0 Å². The largest absolute Gasteiger partial charge is 0.265 e. The Morgan fingerprint density at radius 1 is 0.882 bits per heavy atom. The zero-order valence-electron chi connectivity index (χ0n) is 8.82. The average Bonchev–Trinajstić information content (AvgIpc) is 2.90. The van der Waals surface area contributed by atoms with Crippen LogP contribution in [-0.4, -0.2) is 19.9 Å². The summed E-state index contributed by atoms with van der Waals surface area (Å²) in [5, 5.41) is 0.973. The van der Waals surface area contributed by atoms with E-state index in [4.69, 9.17) is 0 Å². The van der Waals surface area contributed by atoms with Crippen molar-refractivity contribution in [2.45, 2.75) is 0 Å². The van der Waals surface area contributed by atoms with Crippen molar-refractivity contribution in [3.63, 3.8) is 0 Å². The van der Waals surface area contributed by atoms with Crippen LogP contribution in [0.5, 0.6) is 0 Å². The van der Waals surface area contributed by atoms with Gasteiger partial charge in [-0.15, -0.1) is 11.3 Å². The number of rotatable bonds is 2. The Morgan fingerprint density at radius 3 is 2.47 bits per heavy atom. The fraction of sp³-hybridized carbons (Fsp3) is 0. The van der Waals surface area contributed by atoms with Gasteiger partial charge < -0.3 is 0 Å². The molecule has 0 aliphatic carbocycles. The molecule has 0 radical (unpaired) electrons. The van der Waals surface area contributed by atoms with Gasteiger partial charge >= 0.3 is 0 Å². The van der Waals surface area contributed by atoms with E-state index < -0.39 is 0 Å². The molecular weight excluding hydrogens is 232 g/mol. The molecule has 0 bridgehead atoms. The van der Waals surface area contributed by atoms with Gasteiger partial charge in [0.15, 0.2) is 0 Å². The fourth-order valence-electron chi connectivity index (χ4n) is 1.46. The van der Waals surface area contributed by atoms with E-state index in [0.717, 1.165) is 21.1 Å². The van der Waals surface area contributed by atoms with Crippen LogP contribution in [0.25, 0.3) is 21.1 Å². The molecule has 0 spiro atoms. The van der Waals surface area contributed by atoms with Crippen LogP contribution >= 0.6 is 11.3 Å². The zero-order valence-corrected chi connectivity index (χ0v) is 9.63. The first-order valence-corrected chi connectivity index (χ1v) is 5.88. The van der Waals surface area contributed by atoms with Gasteiger partial charge in [0.2, 0.25) is 0 Å². The first-order chi connectivity index (χ1) is 8.43. The van der Waals surface area contributed by atoms with E-state index in [9.17, 15) is 0 Å². The van der Waals surface area contributed by atoms with Gasteiger partial charge in [0.1, 0.15) is 11.3 Å². The molecule has 0 amide bonds. The van der Waals surface area contributed by atoms with Crippen LogP contribution in [0.2, 0.25) is 0 Å². The van der Waals surface area contributed by atoms with E-state index >= 15 is 0 Å². The minimum Gasteiger partial charge on any atom is -0.265 e. The van der Waals surface area contributed by atoms with Crippen LogP contribution < -0.4 is 0 Å². The first-order valence-electron chi connectivity index (χ1n) is 5.06. The lowest BCUT2D eigenvalue weighted by Crippen LogP contribution is -1.79. The molecule has 0 aliphatic heterocycles. The van der Waals surface area contributed by atoms with Crippen molar-refractivity contribution >= 4 is 11.3 Å². The quantitative estimate of drug-likeness (QED) is 0.691. The van der Waals surface area contributed by atoms with E-state index in [1.54, 1.807) is 36.3 Å². The summed E-state index contributed by atoms with van der Waals surface area (Å²) in [6.45, 7) is 0. The maximum Gasteiger partial charge on any atom is 0.124 e. The van der Waals surface area contributed by atoms with Gasteiger partial charge in [-0.25, -0.2) is 15.0 Å². The Hall–Kier alpha value is -2.14. The van der Waals surface area contributed by atoms with E-state index in [0.29, 0.717) is 0 Å². The van der Waals surface area contributed by atoms with E-state index in [2.05, 4.69) is 19.9 Å². The summed E-state index contributed by atoms with van der Waals surface area (Å²) in [5.74, 6) is 0. The van der Waals surface area contributed by atoms with Crippen molar-refractivity contribution in [2.24, 2.45) is 0 Å². The minimum atomic E-state index is 0.901. The maximum absolute atomic E-state index is 4.39. The number of aromatic nitrogens is 4. The second-order valence-corrected chi connectivity index (χ2v) is 4.39. The summed E-state index contributed by atoms with van der Waals surface area (Å²) in [6, 6.07) is 5.77. The molecule has 3 aromatic rings. The lowest BCUT2D eigenvalue weighted by Gasteiger charge is -1.93. The molecule has 0 atom stereocenters. The summed E-state index contributed by atoms with van der Waals surface area (Å²) in [7, 11) is 0. The van der Waals surface area contributed by atoms with Crippen molar-refractivity contribution in [1.82, 2.24) is 19.9 Å². The highest BCUT2D eigenvalue weighted by Gasteiger charge is 2.06. The molecule has 0 N–H and O–H groups in total. The monoisotopic (exact) mass is 240 g/mol. The van der Waals surface area contributed by atoms with Crippen molar-refractivity contribution in [1.29, 1.82) is 0 Å². The summed E-state index contributed by atoms with van der Waals surface area (Å²) < 4.78 is 0. The Bertz CT molecular complexity index is 553. The lowest BCUT2D eigenvalue weighted by molar-refractivity contribution is 1.17. The van der Waals surface area contributed by atoms with Crippen molar-refractivity contribution in [3.05, 3.63) is 49.3 Å². The lowest BCUT2D eigenvalue weighted by atomic mass is 10.3. The molecule has 3 rings (SSSR count). The normalized spacial score (nSPS) is 10.4. The van der Waals surface area contributed by atoms with Crippen LogP contribution in [0.1, 0.15) is 0 Å². The molecule has 17 heavy (non-hydrogen) atoms. The summed E-state index contributed by atoms with van der Waals surface area (Å²) in [6.07, 6.45) is 8.64. The topological polar surface area (TPSA) is 51.6 Å². The molecule has 4 nitrogen and oxygen atoms in total. The Labute approximate surface area is 102 Å². The summed E-state index contributed by atoms with van der Waals surface area (Å²) in [4.78, 5) is 17.5. The third-order valence-corrected chi connectivity index (χ3v) is 3.34. The highest BCUT2D eigenvalue weighted by atomic mass is 32.1. The third-order valence-electron chi connectivity index (χ3n) is 2.27. The van der Waals surface area contributed by atoms with Crippen LogP contribution in [-0.2, 0) is 0 Å². The van der Waals surface area contributed by atoms with E-state index in [1.807, 2.05) is 24.4 Å². The highest BCUT2D eigenvalue weighted by Crippen LogP contribution is 2.30. The van der Waals surface area contributed by atoms with Crippen molar-refractivity contribution in [3.8, 4) is 21.1 Å². The van der Waals surface area contributed by atoms with Crippen LogP contribution in [0.15, 0.2) is 49.3 Å². The Balaban J connectivity index is 1.99. The van der Waals surface area contributed by atoms with Gasteiger partial charge in [-0.3, -0.25) is 4.98 Å². The van der Waals surface area contributed by atoms with E-state index in [1.165, 1.54) is 0 Å². The molecule has 3 aromatic heterocycles. The molecule has 0 fully saturated rings. The molecule has 0 saturated carbocycles.